The van der Waals surface area contributed by atoms with Crippen molar-refractivity contribution < 1.29 is 14.3 Å². The number of carbonyl (C=O) groups excluding carboxylic acids is 2. The highest BCUT2D eigenvalue weighted by molar-refractivity contribution is 5.89. The van der Waals surface area contributed by atoms with Gasteiger partial charge in [0.25, 0.3) is 0 Å². The summed E-state index contributed by atoms with van der Waals surface area (Å²) in [6.07, 6.45) is 0.609. The van der Waals surface area contributed by atoms with Crippen LogP contribution in [0, 0.1) is 0 Å². The van der Waals surface area contributed by atoms with Crippen molar-refractivity contribution in [3.8, 4) is 0 Å². The van der Waals surface area contributed by atoms with Crippen molar-refractivity contribution in [2.24, 2.45) is 0 Å². The number of carbonyl (C=O) groups is 2. The van der Waals surface area contributed by atoms with Crippen LogP contribution in [0.1, 0.15) is 12.5 Å². The van der Waals surface area contributed by atoms with Gasteiger partial charge in [0.2, 0.25) is 11.8 Å². The molecule has 0 spiro atoms. The van der Waals surface area contributed by atoms with Gasteiger partial charge < -0.3 is 15.0 Å². The lowest BCUT2D eigenvalue weighted by Crippen LogP contribution is -2.54. The molecule has 1 aromatic carbocycles. The van der Waals surface area contributed by atoms with Crippen LogP contribution >= 0.6 is 0 Å². The number of ether oxygens (including phenoxy) is 1. The lowest BCUT2D eigenvalue weighted by Gasteiger charge is -2.31. The highest BCUT2D eigenvalue weighted by atomic mass is 16.5. The molecule has 1 saturated heterocycles. The molecule has 1 heterocycles. The van der Waals surface area contributed by atoms with E-state index in [1.54, 1.807) is 11.8 Å². The maximum absolute atomic E-state index is 12.6. The van der Waals surface area contributed by atoms with E-state index in [4.69, 9.17) is 4.74 Å². The summed E-state index contributed by atoms with van der Waals surface area (Å²) in [5.74, 6) is -0.179. The van der Waals surface area contributed by atoms with Gasteiger partial charge in [-0.2, -0.15) is 0 Å². The summed E-state index contributed by atoms with van der Waals surface area (Å²) in [7, 11) is 3.75. The molecule has 0 saturated carbocycles. The van der Waals surface area contributed by atoms with Gasteiger partial charge in [0.05, 0.1) is 19.3 Å². The van der Waals surface area contributed by atoms with Gasteiger partial charge in [-0.1, -0.05) is 30.3 Å². The largest absolute Gasteiger partial charge is 0.378 e. The molecule has 2 amide bonds. The monoisotopic (exact) mass is 333 g/mol. The molecule has 0 radical (unpaired) electrons. The van der Waals surface area contributed by atoms with Gasteiger partial charge >= 0.3 is 0 Å². The first-order valence-electron chi connectivity index (χ1n) is 8.36. The van der Waals surface area contributed by atoms with Gasteiger partial charge in [-0.05, 0) is 33.0 Å². The average molecular weight is 333 g/mol. The van der Waals surface area contributed by atoms with E-state index in [-0.39, 0.29) is 17.9 Å². The van der Waals surface area contributed by atoms with Crippen molar-refractivity contribution in [1.82, 2.24) is 15.1 Å². The van der Waals surface area contributed by atoms with Crippen molar-refractivity contribution in [2.45, 2.75) is 25.4 Å². The summed E-state index contributed by atoms with van der Waals surface area (Å²) in [4.78, 5) is 28.7. The van der Waals surface area contributed by atoms with E-state index < -0.39 is 6.04 Å². The lowest BCUT2D eigenvalue weighted by molar-refractivity contribution is -0.140. The summed E-state index contributed by atoms with van der Waals surface area (Å²) in [6.45, 7) is 4.02. The molecule has 0 aliphatic carbocycles. The first-order chi connectivity index (χ1) is 11.5. The Labute approximate surface area is 143 Å². The van der Waals surface area contributed by atoms with Crippen LogP contribution in [0.2, 0.25) is 0 Å². The molecule has 0 bridgehead atoms. The molecule has 24 heavy (non-hydrogen) atoms. The first kappa shape index (κ1) is 18.4. The second kappa shape index (κ2) is 8.80. The third kappa shape index (κ3) is 5.04. The van der Waals surface area contributed by atoms with E-state index in [1.807, 2.05) is 49.3 Å². The van der Waals surface area contributed by atoms with Gasteiger partial charge in [0.15, 0.2) is 0 Å². The predicted octanol–water partition coefficient (Wildman–Crippen LogP) is 0.523. The van der Waals surface area contributed by atoms with Crippen LogP contribution in [0.3, 0.4) is 0 Å². The van der Waals surface area contributed by atoms with Crippen LogP contribution in [-0.2, 0) is 20.7 Å². The fourth-order valence-corrected chi connectivity index (χ4v) is 2.78. The van der Waals surface area contributed by atoms with E-state index in [1.165, 1.54) is 0 Å². The number of benzene rings is 1. The third-order valence-electron chi connectivity index (χ3n) is 4.25. The number of morpholine rings is 1. The van der Waals surface area contributed by atoms with Gasteiger partial charge in [-0.3, -0.25) is 14.5 Å². The van der Waals surface area contributed by atoms with Crippen LogP contribution in [-0.4, -0.2) is 74.1 Å². The molecule has 1 N–H and O–H groups in total. The van der Waals surface area contributed by atoms with Gasteiger partial charge in [-0.25, -0.2) is 0 Å². The minimum absolute atomic E-state index is 0.0520. The Hall–Kier alpha value is -1.92. The molecular formula is C18H27N3O3. The number of amides is 2. The Bertz CT molecular complexity index is 542. The quantitative estimate of drug-likeness (QED) is 0.825. The molecule has 1 fully saturated rings. The van der Waals surface area contributed by atoms with Crippen molar-refractivity contribution >= 4 is 11.8 Å². The zero-order valence-electron chi connectivity index (χ0n) is 14.7. The molecule has 0 unspecified atom stereocenters. The molecule has 132 valence electrons. The Morgan fingerprint density at radius 3 is 2.42 bits per heavy atom. The van der Waals surface area contributed by atoms with E-state index in [2.05, 4.69) is 5.32 Å². The Morgan fingerprint density at radius 2 is 1.83 bits per heavy atom. The maximum Gasteiger partial charge on any atom is 0.245 e. The molecule has 2 atom stereocenters. The normalized spacial score (nSPS) is 17.4. The summed E-state index contributed by atoms with van der Waals surface area (Å²) in [5.41, 5.74) is 1.10. The first-order valence-corrected chi connectivity index (χ1v) is 8.36. The second-order valence-corrected chi connectivity index (χ2v) is 6.34. The average Bonchev–Trinajstić information content (AvgIpc) is 2.60. The molecule has 0 aromatic heterocycles. The van der Waals surface area contributed by atoms with Crippen molar-refractivity contribution in [3.05, 3.63) is 35.9 Å². The van der Waals surface area contributed by atoms with Gasteiger partial charge in [0.1, 0.15) is 6.04 Å². The smallest absolute Gasteiger partial charge is 0.245 e. The molecule has 2 rings (SSSR count). The summed E-state index contributed by atoms with van der Waals surface area (Å²) in [6, 6.07) is 9.05. The third-order valence-corrected chi connectivity index (χ3v) is 4.25. The lowest BCUT2D eigenvalue weighted by atomic mass is 10.0. The Morgan fingerprint density at radius 1 is 1.21 bits per heavy atom. The number of nitrogens with one attached hydrogen (secondary N) is 1. The fourth-order valence-electron chi connectivity index (χ4n) is 2.78. The number of hydrogen-bond donors (Lipinski definition) is 1. The minimum atomic E-state index is -0.533. The predicted molar refractivity (Wildman–Crippen MR) is 92.6 cm³/mol. The van der Waals surface area contributed by atoms with Gasteiger partial charge in [0, 0.05) is 13.1 Å². The summed E-state index contributed by atoms with van der Waals surface area (Å²) >= 11 is 0. The number of hydrogen-bond acceptors (Lipinski definition) is 4. The zero-order valence-corrected chi connectivity index (χ0v) is 14.7. The highest BCUT2D eigenvalue weighted by Gasteiger charge is 2.27. The van der Waals surface area contributed by atoms with Crippen LogP contribution in [0.15, 0.2) is 30.3 Å². The Kier molecular flexibility index (Phi) is 6.75. The van der Waals surface area contributed by atoms with Crippen molar-refractivity contribution in [2.75, 3.05) is 40.4 Å². The van der Waals surface area contributed by atoms with Crippen LogP contribution in [0.25, 0.3) is 0 Å². The van der Waals surface area contributed by atoms with Crippen molar-refractivity contribution in [1.29, 1.82) is 0 Å². The maximum atomic E-state index is 12.6. The van der Waals surface area contributed by atoms with Crippen molar-refractivity contribution in [3.63, 3.8) is 0 Å². The van der Waals surface area contributed by atoms with Crippen LogP contribution in [0.4, 0.5) is 0 Å². The molecule has 1 aliphatic rings. The van der Waals surface area contributed by atoms with E-state index in [9.17, 15) is 9.59 Å². The SMILES string of the molecule is C[C@H](NC(=O)[C@H](Cc1ccccc1)N(C)C)C(=O)N1CCOCC1. The minimum Gasteiger partial charge on any atom is -0.378 e. The van der Waals surface area contributed by atoms with E-state index >= 15 is 0 Å². The standard InChI is InChI=1S/C18H27N3O3/c1-14(18(23)21-9-11-24-12-10-21)19-17(22)16(20(2)3)13-15-7-5-4-6-8-15/h4-8,14,16H,9-13H2,1-3H3,(H,19,22)/t14-,16-/m0/s1. The van der Waals surface area contributed by atoms with Crippen LogP contribution in [0.5, 0.6) is 0 Å². The number of rotatable bonds is 6. The number of nitrogens with zero attached hydrogens (tertiary/aromatic N) is 2. The molecule has 1 aliphatic heterocycles. The Balaban J connectivity index is 1.95. The second-order valence-electron chi connectivity index (χ2n) is 6.34. The topological polar surface area (TPSA) is 61.9 Å². The number of likely N-dealkylation sites (N-methyl/N-ethyl adjacent to an activating group) is 1. The fraction of sp³-hybridized carbons (Fsp3) is 0.556. The van der Waals surface area contributed by atoms with Crippen LogP contribution < -0.4 is 5.32 Å². The van der Waals surface area contributed by atoms with E-state index in [0.29, 0.717) is 32.7 Å². The highest BCUT2D eigenvalue weighted by Crippen LogP contribution is 2.08. The van der Waals surface area contributed by atoms with Gasteiger partial charge in [-0.15, -0.1) is 0 Å². The molecular weight excluding hydrogens is 306 g/mol. The zero-order chi connectivity index (χ0) is 17.5. The molecule has 6 heteroatoms. The summed E-state index contributed by atoms with van der Waals surface area (Å²) < 4.78 is 5.26. The molecule has 6 nitrogen and oxygen atoms in total. The van der Waals surface area contributed by atoms with E-state index in [0.717, 1.165) is 5.56 Å². The molecule has 1 aromatic rings. The summed E-state index contributed by atoms with van der Waals surface area (Å²) in [5, 5.41) is 2.87.